The Morgan fingerprint density at radius 2 is 2.10 bits per heavy atom. The number of nitrogens with one attached hydrogen (secondary N) is 3. The number of aromatic amines is 1. The Kier molecular flexibility index (Phi) is 4.26. The quantitative estimate of drug-likeness (QED) is 0.468. The van der Waals surface area contributed by atoms with Gasteiger partial charge in [0.15, 0.2) is 11.9 Å². The van der Waals surface area contributed by atoms with Crippen LogP contribution in [0.2, 0.25) is 0 Å². The number of fused-ring (bicyclic) bond motifs is 1. The van der Waals surface area contributed by atoms with Crippen LogP contribution in [0, 0.1) is 0 Å². The molecule has 0 amide bonds. The Balaban J connectivity index is 2.23. The minimum Gasteiger partial charge on any atom is -0.461 e. The fourth-order valence-electron chi connectivity index (χ4n) is 2.16. The van der Waals surface area contributed by atoms with Crippen molar-refractivity contribution in [3.8, 4) is 0 Å². The molecule has 2 heterocycles. The van der Waals surface area contributed by atoms with Crippen molar-refractivity contribution >= 4 is 30.4 Å². The zero-order chi connectivity index (χ0) is 15.4. The van der Waals surface area contributed by atoms with Crippen LogP contribution in [0.5, 0.6) is 0 Å². The molecule has 0 saturated carbocycles. The van der Waals surface area contributed by atoms with Gasteiger partial charge in [-0.25, -0.2) is 0 Å². The van der Waals surface area contributed by atoms with Gasteiger partial charge in [0.1, 0.15) is 11.8 Å². The molecule has 1 aromatic rings. The lowest BCUT2D eigenvalue weighted by Crippen LogP contribution is -2.50. The highest BCUT2D eigenvalue weighted by molar-refractivity contribution is 5.67. The number of hydrogen-bond donors (Lipinski definition) is 4. The van der Waals surface area contributed by atoms with Crippen molar-refractivity contribution in [2.75, 3.05) is 22.9 Å². The van der Waals surface area contributed by atoms with E-state index >= 15 is 0 Å². The summed E-state index contributed by atoms with van der Waals surface area (Å²) >= 11 is 0. The normalized spacial score (nSPS) is 19.2. The average Bonchev–Trinajstić information content (AvgIpc) is 2.44. The van der Waals surface area contributed by atoms with Gasteiger partial charge in [0.05, 0.1) is 6.04 Å². The van der Waals surface area contributed by atoms with Gasteiger partial charge >= 0.3 is 0 Å². The molecule has 10 heteroatoms. The third-order valence-corrected chi connectivity index (χ3v) is 3.10. The zero-order valence-corrected chi connectivity index (χ0v) is 11.2. The van der Waals surface area contributed by atoms with Gasteiger partial charge in [-0.3, -0.25) is 19.4 Å². The summed E-state index contributed by atoms with van der Waals surface area (Å²) in [4.78, 5) is 39.2. The van der Waals surface area contributed by atoms with E-state index in [1.165, 1.54) is 0 Å². The van der Waals surface area contributed by atoms with Gasteiger partial charge in [0, 0.05) is 6.54 Å². The number of anilines is 3. The van der Waals surface area contributed by atoms with Crippen molar-refractivity contribution in [3.05, 3.63) is 10.4 Å². The molecule has 0 radical (unpaired) electrons. The Morgan fingerprint density at radius 3 is 2.76 bits per heavy atom. The molecule has 0 bridgehead atoms. The second-order valence-electron chi connectivity index (χ2n) is 4.44. The lowest BCUT2D eigenvalue weighted by molar-refractivity contribution is -0.150. The molecular weight excluding hydrogens is 282 g/mol. The molecular formula is C11H15N5O5. The number of nitrogens with zero attached hydrogens (tertiary/aromatic N) is 1. The van der Waals surface area contributed by atoms with Crippen LogP contribution in [-0.2, 0) is 19.1 Å². The molecule has 0 aromatic carbocycles. The van der Waals surface area contributed by atoms with Crippen LogP contribution in [0.1, 0.15) is 6.92 Å². The van der Waals surface area contributed by atoms with Crippen LogP contribution in [-0.4, -0.2) is 47.7 Å². The molecule has 3 atom stereocenters. The van der Waals surface area contributed by atoms with E-state index in [0.29, 0.717) is 12.4 Å². The van der Waals surface area contributed by atoms with Gasteiger partial charge in [-0.2, -0.15) is 4.98 Å². The molecule has 0 saturated heterocycles. The number of rotatable bonds is 6. The maximum absolute atomic E-state index is 11.8. The summed E-state index contributed by atoms with van der Waals surface area (Å²) in [5.41, 5.74) is 5.17. The summed E-state index contributed by atoms with van der Waals surface area (Å²) < 4.78 is 9.74. The Labute approximate surface area is 119 Å². The molecule has 1 aliphatic heterocycles. The highest BCUT2D eigenvalue weighted by Crippen LogP contribution is 2.23. The first-order valence-electron chi connectivity index (χ1n) is 6.15. The first-order chi connectivity index (χ1) is 10.1. The number of ether oxygens (including phenoxy) is 2. The maximum atomic E-state index is 11.8. The minimum atomic E-state index is -0.773. The van der Waals surface area contributed by atoms with Gasteiger partial charge in [-0.05, 0) is 6.92 Å². The fraction of sp³-hybridized carbons (Fsp3) is 0.455. The first-order valence-corrected chi connectivity index (χ1v) is 6.15. The molecule has 10 nitrogen and oxygen atoms in total. The summed E-state index contributed by atoms with van der Waals surface area (Å²) in [6, 6.07) is -0.482. The molecule has 21 heavy (non-hydrogen) atoms. The number of aromatic nitrogens is 2. The van der Waals surface area contributed by atoms with Crippen LogP contribution in [0.15, 0.2) is 4.79 Å². The smallest absolute Gasteiger partial charge is 0.293 e. The lowest BCUT2D eigenvalue weighted by atomic mass is 10.0. The van der Waals surface area contributed by atoms with E-state index < -0.39 is 23.8 Å². The number of hydrogen-bond acceptors (Lipinski definition) is 9. The zero-order valence-electron chi connectivity index (χ0n) is 11.2. The van der Waals surface area contributed by atoms with Crippen LogP contribution in [0.4, 0.5) is 17.5 Å². The molecule has 2 rings (SSSR count). The van der Waals surface area contributed by atoms with Gasteiger partial charge in [0.25, 0.3) is 18.5 Å². The topological polar surface area (TPSA) is 148 Å². The molecule has 0 spiro atoms. The second-order valence-corrected chi connectivity index (χ2v) is 4.44. The Hall–Kier alpha value is -2.78. The number of carbonyl (C=O) groups excluding carboxylic acids is 2. The standard InChI is InChI=1S/C11H15N5O5/c1-5(20-3-17)8(21-4-18)6-2-13-9-7(14-6)10(19)16-11(12)15-9/h3-6,8,14H,2H2,1H3,(H4,12,13,15,16,19)/t5-,6+,8-/m0/s1. The molecule has 0 fully saturated rings. The maximum Gasteiger partial charge on any atom is 0.293 e. The van der Waals surface area contributed by atoms with Crippen molar-refractivity contribution in [2.45, 2.75) is 25.2 Å². The van der Waals surface area contributed by atoms with Crippen molar-refractivity contribution < 1.29 is 19.1 Å². The van der Waals surface area contributed by atoms with Gasteiger partial charge in [-0.15, -0.1) is 0 Å². The van der Waals surface area contributed by atoms with Crippen molar-refractivity contribution in [2.24, 2.45) is 0 Å². The van der Waals surface area contributed by atoms with E-state index in [2.05, 4.69) is 20.6 Å². The number of H-pyrrole nitrogens is 1. The van der Waals surface area contributed by atoms with Gasteiger partial charge in [0.2, 0.25) is 5.95 Å². The van der Waals surface area contributed by atoms with Crippen LogP contribution < -0.4 is 21.9 Å². The van der Waals surface area contributed by atoms with Crippen molar-refractivity contribution in [1.29, 1.82) is 0 Å². The molecule has 5 N–H and O–H groups in total. The van der Waals surface area contributed by atoms with E-state index in [-0.39, 0.29) is 24.6 Å². The van der Waals surface area contributed by atoms with E-state index in [0.717, 1.165) is 0 Å². The largest absolute Gasteiger partial charge is 0.461 e. The molecule has 1 aromatic heterocycles. The third kappa shape index (κ3) is 3.04. The van der Waals surface area contributed by atoms with Crippen LogP contribution in [0.25, 0.3) is 0 Å². The molecule has 1 aliphatic rings. The number of nitrogens with two attached hydrogens (primary N) is 1. The Bertz CT molecular complexity index is 589. The van der Waals surface area contributed by atoms with Crippen molar-refractivity contribution in [3.63, 3.8) is 0 Å². The van der Waals surface area contributed by atoms with Crippen molar-refractivity contribution in [1.82, 2.24) is 9.97 Å². The summed E-state index contributed by atoms with van der Waals surface area (Å²) in [5, 5.41) is 5.83. The molecule has 0 unspecified atom stereocenters. The van der Waals surface area contributed by atoms with Crippen LogP contribution >= 0.6 is 0 Å². The predicted octanol–water partition coefficient (Wildman–Crippen LogP) is -1.34. The molecule has 0 aliphatic carbocycles. The monoisotopic (exact) mass is 297 g/mol. The Morgan fingerprint density at radius 1 is 1.38 bits per heavy atom. The predicted molar refractivity (Wildman–Crippen MR) is 72.7 cm³/mol. The van der Waals surface area contributed by atoms with E-state index in [4.69, 9.17) is 15.2 Å². The second kappa shape index (κ2) is 6.11. The number of carbonyl (C=O) groups is 2. The summed E-state index contributed by atoms with van der Waals surface area (Å²) in [6.45, 7) is 2.41. The highest BCUT2D eigenvalue weighted by atomic mass is 16.6. The van der Waals surface area contributed by atoms with Gasteiger partial charge < -0.3 is 25.8 Å². The number of nitrogen functional groups attached to an aromatic ring is 1. The summed E-state index contributed by atoms with van der Waals surface area (Å²) in [7, 11) is 0. The minimum absolute atomic E-state index is 0.00940. The summed E-state index contributed by atoms with van der Waals surface area (Å²) in [6.07, 6.45) is -1.46. The van der Waals surface area contributed by atoms with E-state index in [1.54, 1.807) is 6.92 Å². The lowest BCUT2D eigenvalue weighted by Gasteiger charge is -2.33. The fourth-order valence-corrected chi connectivity index (χ4v) is 2.16. The van der Waals surface area contributed by atoms with Gasteiger partial charge in [-0.1, -0.05) is 0 Å². The van der Waals surface area contributed by atoms with Crippen LogP contribution in [0.3, 0.4) is 0 Å². The molecule has 114 valence electrons. The third-order valence-electron chi connectivity index (χ3n) is 3.10. The average molecular weight is 297 g/mol. The highest BCUT2D eigenvalue weighted by Gasteiger charge is 2.34. The first kappa shape index (κ1) is 14.6. The van der Waals surface area contributed by atoms with E-state index in [1.807, 2.05) is 0 Å². The SMILES string of the molecule is C[C@H](OC=O)[C@H](OC=O)[C@H]1CNc2nc(N)[nH]c(=O)c2N1. The summed E-state index contributed by atoms with van der Waals surface area (Å²) in [5.74, 6) is 0.297. The van der Waals surface area contributed by atoms with E-state index in [9.17, 15) is 14.4 Å².